The number of hydrogen-bond donors (Lipinski definition) is 1. The number of amides is 1. The van der Waals surface area contributed by atoms with E-state index in [1.165, 1.54) is 12.8 Å². The number of methoxy groups -OCH3 is 1. The zero-order valence-corrected chi connectivity index (χ0v) is 11.7. The second kappa shape index (κ2) is 5.95. The third kappa shape index (κ3) is 2.67. The number of benzene rings is 1. The summed E-state index contributed by atoms with van der Waals surface area (Å²) in [6, 6.07) is 5.70. The van der Waals surface area contributed by atoms with E-state index in [0.717, 1.165) is 19.4 Å². The first-order valence-corrected chi connectivity index (χ1v) is 6.92. The van der Waals surface area contributed by atoms with Crippen molar-refractivity contribution in [3.05, 3.63) is 23.8 Å². The number of carbonyl (C=O) groups excluding carboxylic acids is 1. The number of anilines is 1. The molecule has 0 atom stereocenters. The van der Waals surface area contributed by atoms with Gasteiger partial charge in [0, 0.05) is 12.6 Å². The highest BCUT2D eigenvalue weighted by Crippen LogP contribution is 2.30. The van der Waals surface area contributed by atoms with Crippen LogP contribution in [0.5, 0.6) is 5.75 Å². The second-order valence-electron chi connectivity index (χ2n) is 4.96. The number of carbonyl (C=O) groups is 1. The summed E-state index contributed by atoms with van der Waals surface area (Å²) in [6.45, 7) is 2.75. The molecule has 0 unspecified atom stereocenters. The predicted molar refractivity (Wildman–Crippen MR) is 76.4 cm³/mol. The molecule has 1 aliphatic carbocycles. The molecular formula is C15H22N2O2. The zero-order chi connectivity index (χ0) is 13.8. The lowest BCUT2D eigenvalue weighted by molar-refractivity contribution is 0.0690. The van der Waals surface area contributed by atoms with Crippen LogP contribution >= 0.6 is 0 Å². The third-order valence-corrected chi connectivity index (χ3v) is 3.85. The van der Waals surface area contributed by atoms with E-state index >= 15 is 0 Å². The molecule has 2 rings (SSSR count). The first kappa shape index (κ1) is 13.7. The molecule has 1 aromatic rings. The number of hydrogen-bond acceptors (Lipinski definition) is 3. The lowest BCUT2D eigenvalue weighted by Crippen LogP contribution is -2.38. The number of rotatable bonds is 4. The molecule has 19 heavy (non-hydrogen) atoms. The summed E-state index contributed by atoms with van der Waals surface area (Å²) in [5.41, 5.74) is 6.94. The van der Waals surface area contributed by atoms with Gasteiger partial charge >= 0.3 is 0 Å². The molecule has 0 bridgehead atoms. The number of ether oxygens (including phenoxy) is 1. The monoisotopic (exact) mass is 262 g/mol. The molecule has 1 aliphatic rings. The van der Waals surface area contributed by atoms with Gasteiger partial charge in [-0.3, -0.25) is 4.79 Å². The van der Waals surface area contributed by atoms with Crippen LogP contribution in [0.3, 0.4) is 0 Å². The highest BCUT2D eigenvalue weighted by molar-refractivity contribution is 5.98. The summed E-state index contributed by atoms with van der Waals surface area (Å²) in [5.74, 6) is 0.516. The highest BCUT2D eigenvalue weighted by Gasteiger charge is 2.28. The predicted octanol–water partition coefficient (Wildman–Crippen LogP) is 2.68. The minimum absolute atomic E-state index is 0.0264. The third-order valence-electron chi connectivity index (χ3n) is 3.85. The van der Waals surface area contributed by atoms with Crippen molar-refractivity contribution in [1.82, 2.24) is 4.90 Å². The second-order valence-corrected chi connectivity index (χ2v) is 4.96. The Labute approximate surface area is 114 Å². The quantitative estimate of drug-likeness (QED) is 0.849. The Morgan fingerprint density at radius 1 is 1.42 bits per heavy atom. The molecule has 1 aromatic carbocycles. The van der Waals surface area contributed by atoms with Gasteiger partial charge in [0.05, 0.1) is 18.4 Å². The lowest BCUT2D eigenvalue weighted by atomic mass is 10.1. The van der Waals surface area contributed by atoms with Crippen LogP contribution in [0.25, 0.3) is 0 Å². The van der Waals surface area contributed by atoms with Crippen LogP contribution in [-0.2, 0) is 0 Å². The maximum absolute atomic E-state index is 12.7. The molecule has 0 saturated heterocycles. The summed E-state index contributed by atoms with van der Waals surface area (Å²) in [4.78, 5) is 14.6. The van der Waals surface area contributed by atoms with Gasteiger partial charge in [-0.2, -0.15) is 0 Å². The van der Waals surface area contributed by atoms with Crippen molar-refractivity contribution in [3.63, 3.8) is 0 Å². The van der Waals surface area contributed by atoms with Crippen LogP contribution in [0.1, 0.15) is 43.0 Å². The molecule has 0 spiro atoms. The number of nitrogen functional groups attached to an aromatic ring is 1. The molecule has 104 valence electrons. The van der Waals surface area contributed by atoms with E-state index in [4.69, 9.17) is 10.5 Å². The minimum Gasteiger partial charge on any atom is -0.494 e. The average molecular weight is 262 g/mol. The standard InChI is InChI=1S/C15H22N2O2/c1-3-17(11-7-4-5-8-11)15(18)12-9-6-10-13(16)14(12)19-2/h6,9-11H,3-5,7-8,16H2,1-2H3. The Morgan fingerprint density at radius 3 is 2.68 bits per heavy atom. The van der Waals surface area contributed by atoms with Gasteiger partial charge in [0.25, 0.3) is 5.91 Å². The first-order valence-electron chi connectivity index (χ1n) is 6.92. The van der Waals surface area contributed by atoms with Gasteiger partial charge in [0.2, 0.25) is 0 Å². The molecule has 0 heterocycles. The van der Waals surface area contributed by atoms with Gasteiger partial charge in [0.15, 0.2) is 5.75 Å². The van der Waals surface area contributed by atoms with E-state index in [-0.39, 0.29) is 5.91 Å². The van der Waals surface area contributed by atoms with Crippen molar-refractivity contribution < 1.29 is 9.53 Å². The Bertz CT molecular complexity index is 453. The molecule has 0 radical (unpaired) electrons. The number of nitrogens with zero attached hydrogens (tertiary/aromatic N) is 1. The SMILES string of the molecule is CCN(C(=O)c1cccc(N)c1OC)C1CCCC1. The summed E-state index contributed by atoms with van der Waals surface area (Å²) in [6.07, 6.45) is 4.62. The highest BCUT2D eigenvalue weighted by atomic mass is 16.5. The summed E-state index contributed by atoms with van der Waals surface area (Å²) in [5, 5.41) is 0. The number of nitrogens with two attached hydrogens (primary N) is 1. The molecule has 0 aromatic heterocycles. The average Bonchev–Trinajstić information content (AvgIpc) is 2.93. The topological polar surface area (TPSA) is 55.6 Å². The van der Waals surface area contributed by atoms with Gasteiger partial charge in [0.1, 0.15) is 0 Å². The van der Waals surface area contributed by atoms with Crippen LogP contribution in [0.2, 0.25) is 0 Å². The smallest absolute Gasteiger partial charge is 0.257 e. The van der Waals surface area contributed by atoms with E-state index in [0.29, 0.717) is 23.0 Å². The van der Waals surface area contributed by atoms with E-state index in [2.05, 4.69) is 0 Å². The van der Waals surface area contributed by atoms with Crippen LogP contribution in [0.15, 0.2) is 18.2 Å². The fourth-order valence-corrected chi connectivity index (χ4v) is 2.89. The number of para-hydroxylation sites is 1. The van der Waals surface area contributed by atoms with Crippen molar-refractivity contribution in [1.29, 1.82) is 0 Å². The Kier molecular flexibility index (Phi) is 4.30. The molecule has 4 nitrogen and oxygen atoms in total. The molecule has 1 amide bonds. The van der Waals surface area contributed by atoms with Gasteiger partial charge in [-0.05, 0) is 31.9 Å². The van der Waals surface area contributed by atoms with E-state index in [1.807, 2.05) is 11.8 Å². The van der Waals surface area contributed by atoms with Crippen LogP contribution in [0, 0.1) is 0 Å². The minimum atomic E-state index is 0.0264. The molecule has 4 heteroatoms. The maximum Gasteiger partial charge on any atom is 0.257 e. The summed E-state index contributed by atoms with van der Waals surface area (Å²) >= 11 is 0. The molecule has 1 fully saturated rings. The Morgan fingerprint density at radius 2 is 2.11 bits per heavy atom. The molecular weight excluding hydrogens is 240 g/mol. The van der Waals surface area contributed by atoms with Crippen molar-refractivity contribution in [2.45, 2.75) is 38.6 Å². The van der Waals surface area contributed by atoms with Crippen molar-refractivity contribution in [2.24, 2.45) is 0 Å². The lowest BCUT2D eigenvalue weighted by Gasteiger charge is -2.28. The van der Waals surface area contributed by atoms with Gasteiger partial charge in [-0.15, -0.1) is 0 Å². The first-order chi connectivity index (χ1) is 9.19. The van der Waals surface area contributed by atoms with Gasteiger partial charge in [-0.25, -0.2) is 0 Å². The van der Waals surface area contributed by atoms with Gasteiger partial charge in [-0.1, -0.05) is 18.9 Å². The molecule has 0 aliphatic heterocycles. The maximum atomic E-state index is 12.7. The largest absolute Gasteiger partial charge is 0.494 e. The van der Waals surface area contributed by atoms with E-state index < -0.39 is 0 Å². The van der Waals surface area contributed by atoms with Crippen LogP contribution < -0.4 is 10.5 Å². The van der Waals surface area contributed by atoms with Crippen molar-refractivity contribution >= 4 is 11.6 Å². The molecule has 1 saturated carbocycles. The van der Waals surface area contributed by atoms with Gasteiger partial charge < -0.3 is 15.4 Å². The zero-order valence-electron chi connectivity index (χ0n) is 11.7. The Balaban J connectivity index is 2.29. The van der Waals surface area contributed by atoms with E-state index in [1.54, 1.807) is 25.3 Å². The van der Waals surface area contributed by atoms with Crippen molar-refractivity contribution in [3.8, 4) is 5.75 Å². The van der Waals surface area contributed by atoms with Crippen LogP contribution in [-0.4, -0.2) is 30.5 Å². The summed E-state index contributed by atoms with van der Waals surface area (Å²) in [7, 11) is 1.55. The van der Waals surface area contributed by atoms with Crippen LogP contribution in [0.4, 0.5) is 5.69 Å². The normalized spacial score (nSPS) is 15.5. The fourth-order valence-electron chi connectivity index (χ4n) is 2.89. The Hall–Kier alpha value is -1.71. The molecule has 2 N–H and O–H groups in total. The van der Waals surface area contributed by atoms with E-state index in [9.17, 15) is 4.79 Å². The summed E-state index contributed by atoms with van der Waals surface area (Å²) < 4.78 is 5.28. The fraction of sp³-hybridized carbons (Fsp3) is 0.533. The van der Waals surface area contributed by atoms with Crippen molar-refractivity contribution in [2.75, 3.05) is 19.4 Å².